The second-order valence-electron chi connectivity index (χ2n) is 7.09. The highest BCUT2D eigenvalue weighted by Crippen LogP contribution is 2.36. The Morgan fingerprint density at radius 2 is 1.50 bits per heavy atom. The zero-order chi connectivity index (χ0) is 19.2. The molecule has 1 amide bonds. The molecule has 6 heteroatoms. The molecule has 2 N–H and O–H groups in total. The first-order valence-corrected chi connectivity index (χ1v) is 10.4. The van der Waals surface area contributed by atoms with Gasteiger partial charge in [-0.05, 0) is 15.4 Å². The Morgan fingerprint density at radius 1 is 1.04 bits per heavy atom. The van der Waals surface area contributed by atoms with Crippen molar-refractivity contribution in [2.45, 2.75) is 31.9 Å². The molecule has 0 aromatic heterocycles. The van der Waals surface area contributed by atoms with E-state index in [1.54, 1.807) is 0 Å². The third kappa shape index (κ3) is 4.20. The van der Waals surface area contributed by atoms with Crippen molar-refractivity contribution in [3.63, 3.8) is 0 Å². The SMILES string of the molecule is CC(C)(C)[Si](OC[C@H](C=O)OC(N)=O)(c1ccccc1)c1ccccc1. The molecule has 0 radical (unpaired) electrons. The number of nitrogens with two attached hydrogens (primary N) is 1. The summed E-state index contributed by atoms with van der Waals surface area (Å²) in [5, 5.41) is 1.94. The monoisotopic (exact) mass is 371 g/mol. The summed E-state index contributed by atoms with van der Waals surface area (Å²) in [6.45, 7) is 6.35. The van der Waals surface area contributed by atoms with Gasteiger partial charge in [0, 0.05) is 0 Å². The molecule has 0 aliphatic carbocycles. The predicted molar refractivity (Wildman–Crippen MR) is 104 cm³/mol. The van der Waals surface area contributed by atoms with E-state index >= 15 is 0 Å². The van der Waals surface area contributed by atoms with Gasteiger partial charge in [0.2, 0.25) is 0 Å². The fourth-order valence-electron chi connectivity index (χ4n) is 3.22. The van der Waals surface area contributed by atoms with E-state index < -0.39 is 20.5 Å². The Morgan fingerprint density at radius 3 is 1.85 bits per heavy atom. The van der Waals surface area contributed by atoms with Gasteiger partial charge in [0.1, 0.15) is 0 Å². The van der Waals surface area contributed by atoms with Crippen molar-refractivity contribution in [1.82, 2.24) is 0 Å². The molecule has 0 aliphatic rings. The van der Waals surface area contributed by atoms with E-state index in [2.05, 4.69) is 45.0 Å². The van der Waals surface area contributed by atoms with E-state index in [-0.39, 0.29) is 11.6 Å². The largest absolute Gasteiger partial charge is 0.436 e. The number of hydrogen-bond acceptors (Lipinski definition) is 4. The summed E-state index contributed by atoms with van der Waals surface area (Å²) in [6, 6.07) is 20.0. The van der Waals surface area contributed by atoms with E-state index in [0.717, 1.165) is 10.4 Å². The maximum atomic E-state index is 11.3. The van der Waals surface area contributed by atoms with Crippen molar-refractivity contribution in [2.24, 2.45) is 5.73 Å². The van der Waals surface area contributed by atoms with Crippen LogP contribution in [-0.2, 0) is 14.0 Å². The predicted octanol–water partition coefficient (Wildman–Crippen LogP) is 2.23. The Labute approximate surface area is 155 Å². The van der Waals surface area contributed by atoms with Crippen LogP contribution >= 0.6 is 0 Å². The zero-order valence-electron chi connectivity index (χ0n) is 15.3. The molecule has 0 bridgehead atoms. The summed E-state index contributed by atoms with van der Waals surface area (Å²) in [7, 11) is -2.77. The summed E-state index contributed by atoms with van der Waals surface area (Å²) in [6.07, 6.45) is -1.48. The van der Waals surface area contributed by atoms with Crippen molar-refractivity contribution in [2.75, 3.05) is 6.61 Å². The van der Waals surface area contributed by atoms with Crippen LogP contribution < -0.4 is 16.1 Å². The van der Waals surface area contributed by atoms with Gasteiger partial charge < -0.3 is 14.9 Å². The lowest BCUT2D eigenvalue weighted by Crippen LogP contribution is -2.67. The summed E-state index contributed by atoms with van der Waals surface area (Å²) in [5.41, 5.74) is 5.05. The fraction of sp³-hybridized carbons (Fsp3) is 0.300. The Balaban J connectivity index is 2.53. The molecule has 0 aliphatic heterocycles. The van der Waals surface area contributed by atoms with Gasteiger partial charge in [-0.1, -0.05) is 81.4 Å². The molecule has 5 nitrogen and oxygen atoms in total. The van der Waals surface area contributed by atoms with Crippen LogP contribution in [0.2, 0.25) is 5.04 Å². The van der Waals surface area contributed by atoms with E-state index in [4.69, 9.17) is 14.9 Å². The molecule has 0 heterocycles. The Kier molecular flexibility index (Phi) is 6.34. The van der Waals surface area contributed by atoms with Crippen LogP contribution in [0, 0.1) is 0 Å². The van der Waals surface area contributed by atoms with Crippen molar-refractivity contribution in [3.8, 4) is 0 Å². The maximum Gasteiger partial charge on any atom is 0.405 e. The molecule has 2 aromatic rings. The van der Waals surface area contributed by atoms with Gasteiger partial charge in [0.05, 0.1) is 6.61 Å². The molecule has 0 spiro atoms. The summed E-state index contributed by atoms with van der Waals surface area (Å²) in [5.74, 6) is 0. The van der Waals surface area contributed by atoms with Gasteiger partial charge in [0.25, 0.3) is 8.32 Å². The minimum atomic E-state index is -2.77. The molecular weight excluding hydrogens is 346 g/mol. The van der Waals surface area contributed by atoms with Crippen LogP contribution in [0.5, 0.6) is 0 Å². The highest BCUT2D eigenvalue weighted by molar-refractivity contribution is 6.99. The third-order valence-corrected chi connectivity index (χ3v) is 9.31. The molecule has 0 saturated carbocycles. The molecule has 0 unspecified atom stereocenters. The standard InChI is InChI=1S/C20H25NO4Si/c1-20(2,3)26(17-10-6-4-7-11-17,18-12-8-5-9-13-18)24-15-16(14-22)25-19(21)23/h4-14,16H,15H2,1-3H3,(H2,21,23)/t16-/m0/s1. The normalized spacial score (nSPS) is 13.0. The lowest BCUT2D eigenvalue weighted by Gasteiger charge is -2.43. The number of ether oxygens (including phenoxy) is 1. The summed E-state index contributed by atoms with van der Waals surface area (Å²) < 4.78 is 11.3. The Hall–Kier alpha value is -2.44. The maximum absolute atomic E-state index is 11.3. The van der Waals surface area contributed by atoms with Crippen LogP contribution in [0.25, 0.3) is 0 Å². The van der Waals surface area contributed by atoms with Gasteiger partial charge in [-0.25, -0.2) is 4.79 Å². The number of amides is 1. The molecular formula is C20H25NO4Si. The molecule has 0 fully saturated rings. The molecule has 1 atom stereocenters. The van der Waals surface area contributed by atoms with E-state index in [1.165, 1.54) is 0 Å². The quantitative estimate of drug-likeness (QED) is 0.598. The van der Waals surface area contributed by atoms with Crippen molar-refractivity contribution in [3.05, 3.63) is 60.7 Å². The van der Waals surface area contributed by atoms with Gasteiger partial charge in [-0.2, -0.15) is 0 Å². The second-order valence-corrected chi connectivity index (χ2v) is 11.4. The van der Waals surface area contributed by atoms with Crippen LogP contribution in [0.15, 0.2) is 60.7 Å². The minimum Gasteiger partial charge on any atom is -0.436 e. The fourth-order valence-corrected chi connectivity index (χ4v) is 7.79. The molecule has 138 valence electrons. The number of benzene rings is 2. The zero-order valence-corrected chi connectivity index (χ0v) is 16.3. The smallest absolute Gasteiger partial charge is 0.405 e. The Bertz CT molecular complexity index is 689. The number of hydrogen-bond donors (Lipinski definition) is 1. The van der Waals surface area contributed by atoms with Gasteiger partial charge in [0.15, 0.2) is 12.4 Å². The van der Waals surface area contributed by atoms with Crippen LogP contribution in [0.1, 0.15) is 20.8 Å². The molecule has 26 heavy (non-hydrogen) atoms. The number of rotatable bonds is 7. The van der Waals surface area contributed by atoms with Crippen molar-refractivity contribution < 1.29 is 18.8 Å². The first-order chi connectivity index (χ1) is 12.3. The van der Waals surface area contributed by atoms with Gasteiger partial charge in [-0.3, -0.25) is 4.79 Å². The van der Waals surface area contributed by atoms with E-state index in [1.807, 2.05) is 36.4 Å². The average Bonchev–Trinajstić information content (AvgIpc) is 2.61. The molecule has 0 saturated heterocycles. The first kappa shape index (κ1) is 19.9. The summed E-state index contributed by atoms with van der Waals surface area (Å²) in [4.78, 5) is 22.3. The number of aldehydes is 1. The molecule has 2 rings (SSSR count). The van der Waals surface area contributed by atoms with Crippen LogP contribution in [0.3, 0.4) is 0 Å². The average molecular weight is 372 g/mol. The number of primary amides is 1. The van der Waals surface area contributed by atoms with Crippen molar-refractivity contribution in [1.29, 1.82) is 0 Å². The topological polar surface area (TPSA) is 78.6 Å². The minimum absolute atomic E-state index is 0.0419. The van der Waals surface area contributed by atoms with E-state index in [9.17, 15) is 9.59 Å². The van der Waals surface area contributed by atoms with Gasteiger partial charge in [-0.15, -0.1) is 0 Å². The van der Waals surface area contributed by atoms with Crippen LogP contribution in [0.4, 0.5) is 4.79 Å². The third-order valence-electron chi connectivity index (χ3n) is 4.30. The lowest BCUT2D eigenvalue weighted by atomic mass is 10.2. The first-order valence-electron chi connectivity index (χ1n) is 8.47. The van der Waals surface area contributed by atoms with E-state index in [0.29, 0.717) is 6.29 Å². The van der Waals surface area contributed by atoms with Gasteiger partial charge >= 0.3 is 6.09 Å². The molecule has 2 aromatic carbocycles. The lowest BCUT2D eigenvalue weighted by molar-refractivity contribution is -0.116. The number of carbonyl (C=O) groups excluding carboxylic acids is 2. The van der Waals surface area contributed by atoms with Crippen LogP contribution in [-0.4, -0.2) is 33.4 Å². The number of carbonyl (C=O) groups is 2. The van der Waals surface area contributed by atoms with Crippen molar-refractivity contribution >= 4 is 31.1 Å². The second kappa shape index (κ2) is 8.29. The highest BCUT2D eigenvalue weighted by atomic mass is 28.4. The summed E-state index contributed by atoms with van der Waals surface area (Å²) >= 11 is 0. The highest BCUT2D eigenvalue weighted by Gasteiger charge is 2.50.